The van der Waals surface area contributed by atoms with Crippen LogP contribution < -0.4 is 4.74 Å². The Labute approximate surface area is 136 Å². The smallest absolute Gasteiger partial charge is 0.310 e. The number of esters is 1. The average Bonchev–Trinajstić information content (AvgIpc) is 2.94. The van der Waals surface area contributed by atoms with Crippen LogP contribution in [0, 0.1) is 12.7 Å². The Morgan fingerprint density at radius 1 is 1.35 bits per heavy atom. The Hall–Kier alpha value is -2.40. The van der Waals surface area contributed by atoms with E-state index in [0.717, 1.165) is 0 Å². The van der Waals surface area contributed by atoms with Crippen LogP contribution in [0.2, 0.25) is 5.02 Å². The number of aromatic nitrogens is 1. The molecule has 0 aliphatic heterocycles. The number of ether oxygens (including phenoxy) is 1. The number of nitrogens with zero attached hydrogens (tertiary/aromatic N) is 1. The lowest BCUT2D eigenvalue weighted by molar-refractivity contribution is -0.134. The summed E-state index contributed by atoms with van der Waals surface area (Å²) in [4.78, 5) is 15.8. The third-order valence-electron chi connectivity index (χ3n) is 3.45. The molecule has 1 aromatic heterocycles. The zero-order valence-electron chi connectivity index (χ0n) is 12.5. The van der Waals surface area contributed by atoms with Crippen molar-refractivity contribution in [1.82, 2.24) is 4.98 Å². The number of fused-ring (bicyclic) bond motifs is 1. The number of hydrogen-bond acceptors (Lipinski definition) is 4. The van der Waals surface area contributed by atoms with Gasteiger partial charge in [0.15, 0.2) is 5.58 Å². The molecule has 0 bridgehead atoms. The van der Waals surface area contributed by atoms with Crippen LogP contribution in [0.5, 0.6) is 5.75 Å². The van der Waals surface area contributed by atoms with Crippen molar-refractivity contribution in [2.75, 3.05) is 0 Å². The van der Waals surface area contributed by atoms with Crippen molar-refractivity contribution in [3.63, 3.8) is 0 Å². The molecule has 0 amide bonds. The van der Waals surface area contributed by atoms with Gasteiger partial charge in [-0.2, -0.15) is 0 Å². The maximum absolute atomic E-state index is 14.0. The Morgan fingerprint density at radius 3 is 2.83 bits per heavy atom. The minimum atomic E-state index is -0.514. The van der Waals surface area contributed by atoms with Gasteiger partial charge in [-0.05, 0) is 31.2 Å². The zero-order chi connectivity index (χ0) is 16.6. The first-order valence-electron chi connectivity index (χ1n) is 7.06. The topological polar surface area (TPSA) is 52.3 Å². The number of hydrogen-bond donors (Lipinski definition) is 0. The van der Waals surface area contributed by atoms with Crippen molar-refractivity contribution < 1.29 is 18.3 Å². The van der Waals surface area contributed by atoms with Gasteiger partial charge in [0.2, 0.25) is 5.89 Å². The fourth-order valence-corrected chi connectivity index (χ4v) is 2.46. The minimum Gasteiger partial charge on any atom is -0.436 e. The predicted octanol–water partition coefficient (Wildman–Crippen LogP) is 4.91. The minimum absolute atomic E-state index is 0.0881. The van der Waals surface area contributed by atoms with Crippen molar-refractivity contribution in [2.24, 2.45) is 0 Å². The summed E-state index contributed by atoms with van der Waals surface area (Å²) in [6, 6.07) is 7.62. The second kappa shape index (κ2) is 6.01. The van der Waals surface area contributed by atoms with Gasteiger partial charge in [0.25, 0.3) is 0 Å². The van der Waals surface area contributed by atoms with E-state index in [2.05, 4.69) is 4.98 Å². The molecule has 0 aliphatic rings. The molecule has 0 saturated carbocycles. The molecule has 0 N–H and O–H groups in total. The summed E-state index contributed by atoms with van der Waals surface area (Å²) in [5, 5.41) is 0.215. The van der Waals surface area contributed by atoms with E-state index in [1.54, 1.807) is 32.0 Å². The summed E-state index contributed by atoms with van der Waals surface area (Å²) >= 11 is 6.04. The van der Waals surface area contributed by atoms with E-state index < -0.39 is 5.82 Å². The number of carbonyl (C=O) groups is 1. The first-order valence-corrected chi connectivity index (χ1v) is 7.44. The van der Waals surface area contributed by atoms with Gasteiger partial charge in [0.1, 0.15) is 17.1 Å². The van der Waals surface area contributed by atoms with Gasteiger partial charge in [0, 0.05) is 12.0 Å². The largest absolute Gasteiger partial charge is 0.436 e. The number of halogens is 2. The molecule has 6 heteroatoms. The van der Waals surface area contributed by atoms with Gasteiger partial charge < -0.3 is 9.15 Å². The SMILES string of the molecule is CCC(=O)Oc1ccc2oc(-c3c(F)cccc3Cl)nc2c1C. The van der Waals surface area contributed by atoms with E-state index in [1.807, 2.05) is 0 Å². The van der Waals surface area contributed by atoms with Crippen molar-refractivity contribution in [2.45, 2.75) is 20.3 Å². The Morgan fingerprint density at radius 2 is 2.13 bits per heavy atom. The first kappa shape index (κ1) is 15.5. The Bertz CT molecular complexity index is 884. The molecule has 118 valence electrons. The molecule has 0 aliphatic carbocycles. The molecule has 0 saturated heterocycles. The van der Waals surface area contributed by atoms with Crippen LogP contribution in [-0.2, 0) is 4.79 Å². The lowest BCUT2D eigenvalue weighted by Crippen LogP contribution is -2.06. The third-order valence-corrected chi connectivity index (χ3v) is 3.77. The van der Waals surface area contributed by atoms with Gasteiger partial charge in [-0.15, -0.1) is 0 Å². The lowest BCUT2D eigenvalue weighted by Gasteiger charge is -2.05. The molecule has 2 aromatic carbocycles. The molecule has 4 nitrogen and oxygen atoms in total. The molecule has 0 unspecified atom stereocenters. The first-order chi connectivity index (χ1) is 11.0. The predicted molar refractivity (Wildman–Crippen MR) is 85.1 cm³/mol. The van der Waals surface area contributed by atoms with E-state index in [9.17, 15) is 9.18 Å². The summed E-state index contributed by atoms with van der Waals surface area (Å²) in [5.74, 6) is -0.360. The quantitative estimate of drug-likeness (QED) is 0.504. The fraction of sp³-hybridized carbons (Fsp3) is 0.176. The molecular formula is C17H13ClFNO3. The average molecular weight is 334 g/mol. The highest BCUT2D eigenvalue weighted by Crippen LogP contribution is 2.35. The standard InChI is InChI=1S/C17H13ClFNO3/c1-3-14(21)22-12-7-8-13-16(9(12)2)20-17(23-13)15-10(18)5-4-6-11(15)19/h4-8H,3H2,1-2H3. The molecule has 1 heterocycles. The summed E-state index contributed by atoms with van der Waals surface area (Å²) in [6.07, 6.45) is 0.270. The molecule has 0 atom stereocenters. The summed E-state index contributed by atoms with van der Waals surface area (Å²) < 4.78 is 24.9. The summed E-state index contributed by atoms with van der Waals surface area (Å²) in [5.41, 5.74) is 1.72. The van der Waals surface area contributed by atoms with E-state index in [1.165, 1.54) is 12.1 Å². The van der Waals surface area contributed by atoms with Gasteiger partial charge in [-0.1, -0.05) is 24.6 Å². The van der Waals surface area contributed by atoms with E-state index >= 15 is 0 Å². The number of oxazole rings is 1. The van der Waals surface area contributed by atoms with Crippen LogP contribution in [0.4, 0.5) is 4.39 Å². The zero-order valence-corrected chi connectivity index (χ0v) is 13.3. The number of rotatable bonds is 3. The van der Waals surface area contributed by atoms with Gasteiger partial charge in [0.05, 0.1) is 10.6 Å². The maximum Gasteiger partial charge on any atom is 0.310 e. The number of benzene rings is 2. The van der Waals surface area contributed by atoms with Crippen molar-refractivity contribution >= 4 is 28.7 Å². The third kappa shape index (κ3) is 2.80. The second-order valence-corrected chi connectivity index (χ2v) is 5.39. The highest BCUT2D eigenvalue weighted by molar-refractivity contribution is 6.33. The second-order valence-electron chi connectivity index (χ2n) is 4.98. The van der Waals surface area contributed by atoms with E-state index in [4.69, 9.17) is 20.8 Å². The highest BCUT2D eigenvalue weighted by atomic mass is 35.5. The van der Waals surface area contributed by atoms with Crippen molar-refractivity contribution in [1.29, 1.82) is 0 Å². The summed E-state index contributed by atoms with van der Waals surface area (Å²) in [6.45, 7) is 3.47. The van der Waals surface area contributed by atoms with Crippen molar-refractivity contribution in [3.05, 3.63) is 46.7 Å². The molecule has 0 spiro atoms. The van der Waals surface area contributed by atoms with E-state index in [-0.39, 0.29) is 28.9 Å². The lowest BCUT2D eigenvalue weighted by atomic mass is 10.2. The fourth-order valence-electron chi connectivity index (χ4n) is 2.22. The van der Waals surface area contributed by atoms with Gasteiger partial charge in [-0.25, -0.2) is 9.37 Å². The van der Waals surface area contributed by atoms with Crippen LogP contribution in [0.3, 0.4) is 0 Å². The van der Waals surface area contributed by atoms with Crippen LogP contribution in [-0.4, -0.2) is 11.0 Å². The van der Waals surface area contributed by atoms with Crippen LogP contribution in [0.1, 0.15) is 18.9 Å². The number of aryl methyl sites for hydroxylation is 1. The van der Waals surface area contributed by atoms with Crippen LogP contribution in [0.15, 0.2) is 34.7 Å². The normalized spacial score (nSPS) is 11.0. The van der Waals surface area contributed by atoms with Crippen LogP contribution >= 0.6 is 11.6 Å². The Balaban J connectivity index is 2.13. The van der Waals surface area contributed by atoms with E-state index in [0.29, 0.717) is 22.4 Å². The van der Waals surface area contributed by atoms with Crippen LogP contribution in [0.25, 0.3) is 22.6 Å². The van der Waals surface area contributed by atoms with Gasteiger partial charge >= 0.3 is 5.97 Å². The monoisotopic (exact) mass is 333 g/mol. The molecule has 23 heavy (non-hydrogen) atoms. The maximum atomic E-state index is 14.0. The number of carbonyl (C=O) groups excluding carboxylic acids is 1. The molecule has 3 aromatic rings. The Kier molecular flexibility index (Phi) is 4.05. The van der Waals surface area contributed by atoms with Crippen molar-refractivity contribution in [3.8, 4) is 17.2 Å². The molecule has 0 fully saturated rings. The summed E-state index contributed by atoms with van der Waals surface area (Å²) in [7, 11) is 0. The molecule has 0 radical (unpaired) electrons. The molecular weight excluding hydrogens is 321 g/mol. The highest BCUT2D eigenvalue weighted by Gasteiger charge is 2.18. The molecule has 3 rings (SSSR count). The van der Waals surface area contributed by atoms with Gasteiger partial charge in [-0.3, -0.25) is 4.79 Å².